The van der Waals surface area contributed by atoms with Crippen LogP contribution in [0.25, 0.3) is 0 Å². The number of hydrogen-bond donors (Lipinski definition) is 1. The highest BCUT2D eigenvalue weighted by atomic mass is 79.9. The molecule has 1 nitrogen and oxygen atoms in total. The number of benzene rings is 1. The van der Waals surface area contributed by atoms with Crippen molar-refractivity contribution in [2.24, 2.45) is 5.92 Å². The molecular weight excluding hydrogens is 319 g/mol. The summed E-state index contributed by atoms with van der Waals surface area (Å²) in [7, 11) is 0. The van der Waals surface area contributed by atoms with Crippen molar-refractivity contribution in [2.45, 2.75) is 38.4 Å². The molecule has 0 saturated heterocycles. The van der Waals surface area contributed by atoms with E-state index in [1.165, 1.54) is 6.07 Å². The molecule has 1 aliphatic carbocycles. The molecule has 0 bridgehead atoms. The molecule has 1 aromatic carbocycles. The summed E-state index contributed by atoms with van der Waals surface area (Å²) in [5.41, 5.74) is -0.151. The minimum Gasteiger partial charge on any atom is -0.310 e. The van der Waals surface area contributed by atoms with E-state index < -0.39 is 11.7 Å². The Morgan fingerprint density at radius 1 is 1.37 bits per heavy atom. The lowest BCUT2D eigenvalue weighted by Gasteiger charge is -2.36. The summed E-state index contributed by atoms with van der Waals surface area (Å²) < 4.78 is 40.0. The van der Waals surface area contributed by atoms with E-state index in [1.807, 2.05) is 6.92 Å². The highest BCUT2D eigenvalue weighted by Crippen LogP contribution is 2.43. The lowest BCUT2D eigenvalue weighted by atomic mass is 9.76. The zero-order chi connectivity index (χ0) is 14.0. The molecule has 0 aromatic heterocycles. The van der Waals surface area contributed by atoms with E-state index >= 15 is 0 Å². The normalized spacial score (nSPS) is 18.2. The second-order valence-corrected chi connectivity index (χ2v) is 5.87. The number of rotatable bonds is 4. The Morgan fingerprint density at radius 3 is 2.53 bits per heavy atom. The fourth-order valence-electron chi connectivity index (χ4n) is 2.57. The van der Waals surface area contributed by atoms with Gasteiger partial charge in [0.1, 0.15) is 0 Å². The molecule has 1 N–H and O–H groups in total. The monoisotopic (exact) mass is 335 g/mol. The van der Waals surface area contributed by atoms with E-state index in [-0.39, 0.29) is 6.04 Å². The Hall–Kier alpha value is -0.550. The van der Waals surface area contributed by atoms with E-state index in [2.05, 4.69) is 21.2 Å². The summed E-state index contributed by atoms with van der Waals surface area (Å²) in [6, 6.07) is 4.27. The van der Waals surface area contributed by atoms with Gasteiger partial charge < -0.3 is 5.32 Å². The van der Waals surface area contributed by atoms with Gasteiger partial charge in [0.15, 0.2) is 0 Å². The fourth-order valence-corrected chi connectivity index (χ4v) is 2.93. The lowest BCUT2D eigenvalue weighted by Crippen LogP contribution is -2.33. The quantitative estimate of drug-likeness (QED) is 0.823. The third kappa shape index (κ3) is 3.31. The van der Waals surface area contributed by atoms with Gasteiger partial charge in [-0.25, -0.2) is 0 Å². The smallest absolute Gasteiger partial charge is 0.310 e. The molecule has 19 heavy (non-hydrogen) atoms. The average Bonchev–Trinajstić information content (AvgIpc) is 2.25. The fraction of sp³-hybridized carbons (Fsp3) is 0.571. The van der Waals surface area contributed by atoms with Crippen LogP contribution >= 0.6 is 15.9 Å². The maximum absolute atomic E-state index is 13.2. The summed E-state index contributed by atoms with van der Waals surface area (Å²) in [6.07, 6.45) is -1.18. The molecule has 2 rings (SSSR count). The van der Waals surface area contributed by atoms with Crippen molar-refractivity contribution >= 4 is 15.9 Å². The van der Waals surface area contributed by atoms with Gasteiger partial charge in [-0.15, -0.1) is 0 Å². The van der Waals surface area contributed by atoms with Gasteiger partial charge >= 0.3 is 6.18 Å². The van der Waals surface area contributed by atoms with Gasteiger partial charge in [0.05, 0.1) is 5.56 Å². The molecule has 0 spiro atoms. The van der Waals surface area contributed by atoms with E-state index in [1.54, 1.807) is 12.1 Å². The molecule has 1 saturated carbocycles. The minimum absolute atomic E-state index is 0.191. The molecular formula is C14H17BrF3N. The molecule has 0 aliphatic heterocycles. The van der Waals surface area contributed by atoms with E-state index in [0.29, 0.717) is 22.5 Å². The highest BCUT2D eigenvalue weighted by molar-refractivity contribution is 9.10. The number of hydrogen-bond acceptors (Lipinski definition) is 1. The molecule has 106 valence electrons. The third-order valence-corrected chi connectivity index (χ3v) is 4.19. The summed E-state index contributed by atoms with van der Waals surface area (Å²) in [4.78, 5) is 0. The summed E-state index contributed by atoms with van der Waals surface area (Å²) >= 11 is 3.12. The standard InChI is InChI=1S/C14H17BrF3N/c1-2-19-13(9-4-3-5-9)11-7-6-10(15)8-12(11)14(16,17)18/h6-9,13,19H,2-5H2,1H3. The van der Waals surface area contributed by atoms with Crippen LogP contribution in [0.1, 0.15) is 43.4 Å². The molecule has 1 aromatic rings. The summed E-state index contributed by atoms with van der Waals surface area (Å²) in [6.45, 7) is 2.60. The van der Waals surface area contributed by atoms with E-state index in [9.17, 15) is 13.2 Å². The summed E-state index contributed by atoms with van der Waals surface area (Å²) in [5, 5.41) is 3.22. The maximum atomic E-state index is 13.2. The molecule has 0 radical (unpaired) electrons. The average molecular weight is 336 g/mol. The van der Waals surface area contributed by atoms with Crippen molar-refractivity contribution in [3.8, 4) is 0 Å². The van der Waals surface area contributed by atoms with Gasteiger partial charge in [-0.3, -0.25) is 0 Å². The Balaban J connectivity index is 2.40. The van der Waals surface area contributed by atoms with Crippen LogP contribution in [0, 0.1) is 5.92 Å². The first-order valence-electron chi connectivity index (χ1n) is 6.53. The molecule has 1 atom stereocenters. The maximum Gasteiger partial charge on any atom is 0.416 e. The van der Waals surface area contributed by atoms with Crippen molar-refractivity contribution in [1.82, 2.24) is 5.32 Å². The predicted octanol–water partition coefficient (Wildman–Crippen LogP) is 4.92. The zero-order valence-electron chi connectivity index (χ0n) is 10.7. The zero-order valence-corrected chi connectivity index (χ0v) is 12.3. The SMILES string of the molecule is CCNC(c1ccc(Br)cc1C(F)(F)F)C1CCC1. The first-order valence-corrected chi connectivity index (χ1v) is 7.32. The Kier molecular flexibility index (Phi) is 4.56. The number of nitrogens with one attached hydrogen (secondary N) is 1. The molecule has 1 aliphatic rings. The van der Waals surface area contributed by atoms with Crippen LogP contribution in [-0.2, 0) is 6.18 Å². The summed E-state index contributed by atoms with van der Waals surface area (Å²) in [5.74, 6) is 0.322. The molecule has 1 fully saturated rings. The van der Waals surface area contributed by atoms with E-state index in [0.717, 1.165) is 19.3 Å². The molecule has 0 amide bonds. The second kappa shape index (κ2) is 5.83. The molecule has 0 heterocycles. The van der Waals surface area contributed by atoms with Gasteiger partial charge in [0.25, 0.3) is 0 Å². The van der Waals surface area contributed by atoms with Crippen LogP contribution in [0.15, 0.2) is 22.7 Å². The van der Waals surface area contributed by atoms with Gasteiger partial charge in [-0.05, 0) is 43.0 Å². The van der Waals surface area contributed by atoms with Crippen molar-refractivity contribution < 1.29 is 13.2 Å². The highest BCUT2D eigenvalue weighted by Gasteiger charge is 2.38. The van der Waals surface area contributed by atoms with Crippen molar-refractivity contribution in [3.05, 3.63) is 33.8 Å². The van der Waals surface area contributed by atoms with Crippen molar-refractivity contribution in [1.29, 1.82) is 0 Å². The first-order chi connectivity index (χ1) is 8.93. The third-order valence-electron chi connectivity index (χ3n) is 3.70. The Morgan fingerprint density at radius 2 is 2.05 bits per heavy atom. The lowest BCUT2D eigenvalue weighted by molar-refractivity contribution is -0.138. The van der Waals surface area contributed by atoms with Crippen LogP contribution in [0.5, 0.6) is 0 Å². The van der Waals surface area contributed by atoms with Crippen molar-refractivity contribution in [3.63, 3.8) is 0 Å². The second-order valence-electron chi connectivity index (χ2n) is 4.96. The first kappa shape index (κ1) is 14.9. The minimum atomic E-state index is -4.31. The largest absolute Gasteiger partial charge is 0.416 e. The van der Waals surface area contributed by atoms with Gasteiger partial charge in [-0.1, -0.05) is 35.3 Å². The van der Waals surface area contributed by atoms with Gasteiger partial charge in [-0.2, -0.15) is 13.2 Å². The van der Waals surface area contributed by atoms with Gasteiger partial charge in [0.2, 0.25) is 0 Å². The van der Waals surface area contributed by atoms with Crippen molar-refractivity contribution in [2.75, 3.05) is 6.54 Å². The number of halogens is 4. The van der Waals surface area contributed by atoms with Gasteiger partial charge in [0, 0.05) is 10.5 Å². The van der Waals surface area contributed by atoms with Crippen LogP contribution in [0.3, 0.4) is 0 Å². The topological polar surface area (TPSA) is 12.0 Å². The Labute approximate surface area is 119 Å². The Bertz CT molecular complexity index is 441. The van der Waals surface area contributed by atoms with E-state index in [4.69, 9.17) is 0 Å². The predicted molar refractivity (Wildman–Crippen MR) is 72.9 cm³/mol. The molecule has 1 unspecified atom stereocenters. The van der Waals surface area contributed by atoms with Crippen LogP contribution < -0.4 is 5.32 Å². The van der Waals surface area contributed by atoms with Crippen LogP contribution in [0.2, 0.25) is 0 Å². The van der Waals surface area contributed by atoms with Crippen LogP contribution in [0.4, 0.5) is 13.2 Å². The molecule has 5 heteroatoms. The number of alkyl halides is 3. The van der Waals surface area contributed by atoms with Crippen LogP contribution in [-0.4, -0.2) is 6.54 Å².